The van der Waals surface area contributed by atoms with E-state index in [0.717, 1.165) is 16.9 Å². The molecule has 3 aromatic rings. The topological polar surface area (TPSA) is 113 Å². The van der Waals surface area contributed by atoms with Crippen LogP contribution in [0.2, 0.25) is 0 Å². The van der Waals surface area contributed by atoms with Crippen molar-refractivity contribution in [3.05, 3.63) is 69.2 Å². The highest BCUT2D eigenvalue weighted by Gasteiger charge is 2.20. The first-order chi connectivity index (χ1) is 13.0. The molecule has 2 aromatic carbocycles. The molecule has 3 N–H and O–H groups in total. The van der Waals surface area contributed by atoms with E-state index in [1.807, 2.05) is 30.3 Å². The molecule has 0 aliphatic rings. The van der Waals surface area contributed by atoms with E-state index < -0.39 is 34.5 Å². The third-order valence-electron chi connectivity index (χ3n) is 3.73. The zero-order valence-corrected chi connectivity index (χ0v) is 14.8. The minimum Gasteiger partial charge on any atom is -0.506 e. The lowest BCUT2D eigenvalue weighted by molar-refractivity contribution is -0.135. The van der Waals surface area contributed by atoms with Crippen LogP contribution in [0.15, 0.2) is 53.3 Å². The van der Waals surface area contributed by atoms with Crippen molar-refractivity contribution in [2.24, 2.45) is 0 Å². The fourth-order valence-electron chi connectivity index (χ4n) is 2.44. The van der Waals surface area contributed by atoms with Gasteiger partial charge >= 0.3 is 5.97 Å². The highest BCUT2D eigenvalue weighted by Crippen LogP contribution is 2.32. The van der Waals surface area contributed by atoms with Crippen molar-refractivity contribution in [1.29, 1.82) is 0 Å². The first-order valence-electron chi connectivity index (χ1n) is 7.92. The number of amides is 1. The van der Waals surface area contributed by atoms with E-state index in [-0.39, 0.29) is 5.39 Å². The fourth-order valence-corrected chi connectivity index (χ4v) is 3.33. The summed E-state index contributed by atoms with van der Waals surface area (Å²) in [5.74, 6) is -2.23. The molecule has 1 amide bonds. The third-order valence-corrected chi connectivity index (χ3v) is 4.69. The Morgan fingerprint density at radius 2 is 1.85 bits per heavy atom. The molecule has 0 radical (unpaired) electrons. The van der Waals surface area contributed by atoms with Gasteiger partial charge in [0.1, 0.15) is 30.2 Å². The van der Waals surface area contributed by atoms with Gasteiger partial charge in [-0.25, -0.2) is 0 Å². The van der Waals surface area contributed by atoms with Crippen molar-refractivity contribution in [2.75, 3.05) is 6.54 Å². The molecule has 8 heteroatoms. The molecule has 1 heterocycles. The first kappa shape index (κ1) is 18.4. The van der Waals surface area contributed by atoms with Crippen molar-refractivity contribution in [2.45, 2.75) is 6.61 Å². The van der Waals surface area contributed by atoms with Crippen LogP contribution < -0.4 is 14.8 Å². The number of benzene rings is 2. The van der Waals surface area contributed by atoms with Crippen LogP contribution >= 0.6 is 11.3 Å². The average Bonchev–Trinajstić information content (AvgIpc) is 2.66. The smallest absolute Gasteiger partial charge is 0.322 e. The normalized spacial score (nSPS) is 10.5. The number of ether oxygens (including phenoxy) is 1. The Labute approximate surface area is 157 Å². The lowest BCUT2D eigenvalue weighted by Crippen LogP contribution is -2.32. The SMILES string of the molecule is O=C(O)CNC(=O)c1c(O)c2cc(OCc3ccccc3)ccc2sc1=O. The summed E-state index contributed by atoms with van der Waals surface area (Å²) < 4.78 is 5.54. The van der Waals surface area contributed by atoms with E-state index in [1.165, 1.54) is 6.07 Å². The summed E-state index contributed by atoms with van der Waals surface area (Å²) in [5.41, 5.74) is 0.488. The van der Waals surface area contributed by atoms with Crippen LogP contribution in [0.4, 0.5) is 0 Å². The number of carboxylic acid groups (broad SMARTS) is 1. The van der Waals surface area contributed by atoms with Gasteiger partial charge in [-0.3, -0.25) is 14.4 Å². The van der Waals surface area contributed by atoms with Crippen LogP contribution in [0.1, 0.15) is 15.9 Å². The second kappa shape index (κ2) is 7.88. The molecule has 0 spiro atoms. The molecule has 0 atom stereocenters. The molecule has 0 saturated carbocycles. The molecule has 138 valence electrons. The molecular formula is C19H15NO6S. The van der Waals surface area contributed by atoms with Gasteiger partial charge in [0.25, 0.3) is 5.91 Å². The lowest BCUT2D eigenvalue weighted by Gasteiger charge is -2.10. The molecule has 0 fully saturated rings. The van der Waals surface area contributed by atoms with Gasteiger partial charge in [-0.2, -0.15) is 0 Å². The van der Waals surface area contributed by atoms with Gasteiger partial charge in [-0.15, -0.1) is 0 Å². The van der Waals surface area contributed by atoms with Crippen molar-refractivity contribution in [3.63, 3.8) is 0 Å². The van der Waals surface area contributed by atoms with Crippen molar-refractivity contribution >= 4 is 33.3 Å². The molecular weight excluding hydrogens is 370 g/mol. The molecule has 7 nitrogen and oxygen atoms in total. The zero-order valence-electron chi connectivity index (χ0n) is 14.0. The maximum Gasteiger partial charge on any atom is 0.322 e. The summed E-state index contributed by atoms with van der Waals surface area (Å²) in [6, 6.07) is 14.3. The maximum atomic E-state index is 12.2. The Kier molecular flexibility index (Phi) is 5.37. The Morgan fingerprint density at radius 1 is 1.11 bits per heavy atom. The van der Waals surface area contributed by atoms with Crippen LogP contribution in [0.25, 0.3) is 10.1 Å². The van der Waals surface area contributed by atoms with E-state index >= 15 is 0 Å². The second-order valence-electron chi connectivity index (χ2n) is 5.62. The van der Waals surface area contributed by atoms with Gasteiger partial charge < -0.3 is 20.3 Å². The zero-order chi connectivity index (χ0) is 19.4. The number of hydrogen-bond donors (Lipinski definition) is 3. The summed E-state index contributed by atoms with van der Waals surface area (Å²) in [4.78, 5) is 34.8. The lowest BCUT2D eigenvalue weighted by atomic mass is 10.1. The monoisotopic (exact) mass is 385 g/mol. The Hall–Kier alpha value is -3.39. The largest absolute Gasteiger partial charge is 0.506 e. The van der Waals surface area contributed by atoms with E-state index in [1.54, 1.807) is 12.1 Å². The number of rotatable bonds is 6. The van der Waals surface area contributed by atoms with Gasteiger partial charge in [-0.1, -0.05) is 41.7 Å². The second-order valence-corrected chi connectivity index (χ2v) is 6.64. The van der Waals surface area contributed by atoms with E-state index in [4.69, 9.17) is 9.84 Å². The van der Waals surface area contributed by atoms with Crippen LogP contribution in [-0.4, -0.2) is 28.6 Å². The minimum atomic E-state index is -1.25. The molecule has 0 aliphatic carbocycles. The van der Waals surface area contributed by atoms with Gasteiger partial charge in [0, 0.05) is 10.1 Å². The van der Waals surface area contributed by atoms with E-state index in [0.29, 0.717) is 17.1 Å². The fraction of sp³-hybridized carbons (Fsp3) is 0.105. The van der Waals surface area contributed by atoms with Crippen LogP contribution in [0.5, 0.6) is 11.5 Å². The summed E-state index contributed by atoms with van der Waals surface area (Å²) in [6.07, 6.45) is 0. The first-order valence-corrected chi connectivity index (χ1v) is 8.74. The summed E-state index contributed by atoms with van der Waals surface area (Å²) in [6.45, 7) is -0.331. The van der Waals surface area contributed by atoms with Gasteiger partial charge in [-0.05, 0) is 23.8 Å². The summed E-state index contributed by atoms with van der Waals surface area (Å²) >= 11 is 0.789. The molecule has 0 aliphatic heterocycles. The molecule has 3 rings (SSSR count). The predicted molar refractivity (Wildman–Crippen MR) is 101 cm³/mol. The molecule has 0 bridgehead atoms. The highest BCUT2D eigenvalue weighted by atomic mass is 32.1. The molecule has 0 saturated heterocycles. The number of hydrogen-bond acceptors (Lipinski definition) is 6. The molecule has 27 heavy (non-hydrogen) atoms. The summed E-state index contributed by atoms with van der Waals surface area (Å²) in [5, 5.41) is 21.4. The van der Waals surface area contributed by atoms with Crippen molar-refractivity contribution in [1.82, 2.24) is 5.32 Å². The van der Waals surface area contributed by atoms with Gasteiger partial charge in [0.15, 0.2) is 0 Å². The van der Waals surface area contributed by atoms with Crippen LogP contribution in [-0.2, 0) is 11.4 Å². The number of aromatic hydroxyl groups is 1. The van der Waals surface area contributed by atoms with Crippen LogP contribution in [0, 0.1) is 0 Å². The van der Waals surface area contributed by atoms with Gasteiger partial charge in [0.05, 0.1) is 0 Å². The molecule has 0 unspecified atom stereocenters. The number of carboxylic acids is 1. The molecule has 1 aromatic heterocycles. The van der Waals surface area contributed by atoms with E-state index in [9.17, 15) is 19.5 Å². The van der Waals surface area contributed by atoms with Crippen LogP contribution in [0.3, 0.4) is 0 Å². The standard InChI is InChI=1S/C19H15NO6S/c21-15(22)9-20-18(24)16-17(23)13-8-12(6-7-14(13)27-19(16)25)26-10-11-4-2-1-3-5-11/h1-8,23H,9-10H2,(H,20,24)(H,21,22). The van der Waals surface area contributed by atoms with E-state index in [2.05, 4.69) is 5.32 Å². The number of nitrogens with one attached hydrogen (secondary N) is 1. The third kappa shape index (κ3) is 4.24. The average molecular weight is 385 g/mol. The number of fused-ring (bicyclic) bond motifs is 1. The highest BCUT2D eigenvalue weighted by molar-refractivity contribution is 7.16. The Morgan fingerprint density at radius 3 is 2.56 bits per heavy atom. The number of aliphatic carboxylic acids is 1. The number of carbonyl (C=O) groups excluding carboxylic acids is 1. The summed E-state index contributed by atoms with van der Waals surface area (Å²) in [7, 11) is 0. The predicted octanol–water partition coefficient (Wildman–Crippen LogP) is 2.36. The number of carbonyl (C=O) groups is 2. The van der Waals surface area contributed by atoms with Crippen molar-refractivity contribution in [3.8, 4) is 11.5 Å². The van der Waals surface area contributed by atoms with Crippen molar-refractivity contribution < 1.29 is 24.5 Å². The maximum absolute atomic E-state index is 12.2. The quantitative estimate of drug-likeness (QED) is 0.600. The Balaban J connectivity index is 1.91. The van der Waals surface area contributed by atoms with Gasteiger partial charge in [0.2, 0.25) is 4.74 Å². The minimum absolute atomic E-state index is 0.283. The Bertz CT molecular complexity index is 1060.